The molecule has 150 valence electrons. The average molecular weight is 437 g/mol. The smallest absolute Gasteiger partial charge is 0.236 e. The van der Waals surface area contributed by atoms with E-state index in [2.05, 4.69) is 27.4 Å². The summed E-state index contributed by atoms with van der Waals surface area (Å²) in [5.41, 5.74) is 7.99. The number of nitrogens with one attached hydrogen (secondary N) is 1. The standard InChI is InChI=1S/C20H16N6O2S2/c1-28-11-4-5-14-15(6-11)30-20(24-14)25-16(27)9-29-19-13(8-22)17(10-2-3-10)12(7-21)18(23)26-19/h4-6,10H,2-3,9H2,1H3,(H2,23,26)(H,24,25,27). The number of amides is 1. The molecule has 8 nitrogen and oxygen atoms in total. The van der Waals surface area contributed by atoms with Gasteiger partial charge >= 0.3 is 0 Å². The van der Waals surface area contributed by atoms with Crippen molar-refractivity contribution in [1.82, 2.24) is 9.97 Å². The van der Waals surface area contributed by atoms with E-state index in [0.717, 1.165) is 40.6 Å². The topological polar surface area (TPSA) is 138 Å². The Balaban J connectivity index is 1.50. The SMILES string of the molecule is COc1ccc2nc(NC(=O)CSc3nc(N)c(C#N)c(C4CC4)c3C#N)sc2c1. The minimum atomic E-state index is -0.271. The molecule has 1 aromatic carbocycles. The predicted molar refractivity (Wildman–Crippen MR) is 116 cm³/mol. The van der Waals surface area contributed by atoms with Gasteiger partial charge in [0.25, 0.3) is 0 Å². The van der Waals surface area contributed by atoms with Gasteiger partial charge < -0.3 is 15.8 Å². The number of thiazole rings is 1. The van der Waals surface area contributed by atoms with Gasteiger partial charge in [-0.2, -0.15) is 10.5 Å². The van der Waals surface area contributed by atoms with E-state index in [1.54, 1.807) is 7.11 Å². The first-order chi connectivity index (χ1) is 14.5. The fraction of sp³-hybridized carbons (Fsp3) is 0.250. The van der Waals surface area contributed by atoms with Crippen molar-refractivity contribution in [2.45, 2.75) is 23.8 Å². The summed E-state index contributed by atoms with van der Waals surface area (Å²) in [5, 5.41) is 22.7. The molecule has 0 atom stereocenters. The van der Waals surface area contributed by atoms with Crippen molar-refractivity contribution in [3.05, 3.63) is 34.9 Å². The number of fused-ring (bicyclic) bond motifs is 1. The van der Waals surface area contributed by atoms with Gasteiger partial charge in [-0.05, 0) is 42.5 Å². The third kappa shape index (κ3) is 3.88. The fourth-order valence-corrected chi connectivity index (χ4v) is 4.80. The Hall–Kier alpha value is -3.34. The number of hydrogen-bond acceptors (Lipinski definition) is 9. The number of anilines is 2. The molecule has 1 aliphatic rings. The summed E-state index contributed by atoms with van der Waals surface area (Å²) in [4.78, 5) is 21.0. The highest BCUT2D eigenvalue weighted by Gasteiger charge is 2.32. The minimum absolute atomic E-state index is 0.0381. The number of carbonyl (C=O) groups excluding carboxylic acids is 1. The Morgan fingerprint density at radius 3 is 2.77 bits per heavy atom. The summed E-state index contributed by atoms with van der Waals surface area (Å²) in [7, 11) is 1.59. The lowest BCUT2D eigenvalue weighted by Crippen LogP contribution is -2.14. The average Bonchev–Trinajstić information content (AvgIpc) is 3.50. The highest BCUT2D eigenvalue weighted by atomic mass is 32.2. The van der Waals surface area contributed by atoms with Gasteiger partial charge in [0.1, 0.15) is 28.7 Å². The van der Waals surface area contributed by atoms with Crippen molar-refractivity contribution < 1.29 is 9.53 Å². The lowest BCUT2D eigenvalue weighted by molar-refractivity contribution is -0.113. The molecule has 1 fully saturated rings. The molecular formula is C20H16N6O2S2. The number of nitriles is 2. The molecule has 0 aliphatic heterocycles. The van der Waals surface area contributed by atoms with Crippen LogP contribution in [0.4, 0.5) is 10.9 Å². The zero-order chi connectivity index (χ0) is 21.3. The van der Waals surface area contributed by atoms with Crippen LogP contribution in [0.15, 0.2) is 23.2 Å². The van der Waals surface area contributed by atoms with Gasteiger partial charge in [0, 0.05) is 0 Å². The van der Waals surface area contributed by atoms with Crippen LogP contribution in [0.1, 0.15) is 35.4 Å². The van der Waals surface area contributed by atoms with Crippen molar-refractivity contribution in [3.63, 3.8) is 0 Å². The van der Waals surface area contributed by atoms with Crippen LogP contribution < -0.4 is 15.8 Å². The molecule has 0 unspecified atom stereocenters. The summed E-state index contributed by atoms with van der Waals surface area (Å²) in [6, 6.07) is 9.71. The Bertz CT molecular complexity index is 1240. The summed E-state index contributed by atoms with van der Waals surface area (Å²) in [5.74, 6) is 0.747. The molecule has 0 radical (unpaired) electrons. The highest BCUT2D eigenvalue weighted by Crippen LogP contribution is 2.45. The Labute approximate surface area is 180 Å². The molecule has 4 rings (SSSR count). The second-order valence-electron chi connectivity index (χ2n) is 6.65. The monoisotopic (exact) mass is 436 g/mol. The Morgan fingerprint density at radius 2 is 2.10 bits per heavy atom. The first-order valence-electron chi connectivity index (χ1n) is 9.04. The lowest BCUT2D eigenvalue weighted by Gasteiger charge is -2.11. The molecular weight excluding hydrogens is 420 g/mol. The van der Waals surface area contributed by atoms with E-state index in [-0.39, 0.29) is 29.0 Å². The van der Waals surface area contributed by atoms with Crippen LogP contribution in [0.5, 0.6) is 5.75 Å². The van der Waals surface area contributed by atoms with E-state index in [1.807, 2.05) is 18.2 Å². The Morgan fingerprint density at radius 1 is 1.33 bits per heavy atom. The van der Waals surface area contributed by atoms with Crippen molar-refractivity contribution >= 4 is 50.2 Å². The summed E-state index contributed by atoms with van der Waals surface area (Å²) in [6.07, 6.45) is 1.83. The third-order valence-corrected chi connectivity index (χ3v) is 6.53. The second kappa shape index (κ2) is 8.19. The number of nitrogen functional groups attached to an aromatic ring is 1. The Kier molecular flexibility index (Phi) is 5.44. The van der Waals surface area contributed by atoms with E-state index in [0.29, 0.717) is 21.3 Å². The maximum absolute atomic E-state index is 12.4. The van der Waals surface area contributed by atoms with Crippen molar-refractivity contribution in [2.24, 2.45) is 0 Å². The number of benzene rings is 1. The van der Waals surface area contributed by atoms with E-state index < -0.39 is 0 Å². The number of carbonyl (C=O) groups is 1. The van der Waals surface area contributed by atoms with Gasteiger partial charge in [-0.3, -0.25) is 4.79 Å². The third-order valence-electron chi connectivity index (χ3n) is 4.62. The van der Waals surface area contributed by atoms with Gasteiger partial charge in [0.15, 0.2) is 5.13 Å². The normalized spacial score (nSPS) is 12.9. The van der Waals surface area contributed by atoms with E-state index in [1.165, 1.54) is 11.3 Å². The van der Waals surface area contributed by atoms with Crippen LogP contribution >= 0.6 is 23.1 Å². The number of nitrogens with zero attached hydrogens (tertiary/aromatic N) is 4. The second-order valence-corrected chi connectivity index (χ2v) is 8.65. The van der Waals surface area contributed by atoms with E-state index in [4.69, 9.17) is 10.5 Å². The molecule has 1 amide bonds. The molecule has 1 aliphatic carbocycles. The maximum Gasteiger partial charge on any atom is 0.236 e. The molecule has 10 heteroatoms. The molecule has 2 heterocycles. The van der Waals surface area contributed by atoms with Crippen LogP contribution in [0.25, 0.3) is 10.2 Å². The van der Waals surface area contributed by atoms with Gasteiger partial charge in [0.05, 0.1) is 34.2 Å². The fourth-order valence-electron chi connectivity index (χ4n) is 3.08. The van der Waals surface area contributed by atoms with E-state index in [9.17, 15) is 15.3 Å². The summed E-state index contributed by atoms with van der Waals surface area (Å²) >= 11 is 2.48. The zero-order valence-corrected chi connectivity index (χ0v) is 17.6. The van der Waals surface area contributed by atoms with Gasteiger partial charge in [-0.15, -0.1) is 0 Å². The number of hydrogen-bond donors (Lipinski definition) is 2. The molecule has 30 heavy (non-hydrogen) atoms. The molecule has 1 saturated carbocycles. The molecule has 3 aromatic rings. The number of aromatic nitrogens is 2. The first kappa shape index (κ1) is 20.0. The molecule has 2 aromatic heterocycles. The lowest BCUT2D eigenvalue weighted by atomic mass is 10.0. The van der Waals surface area contributed by atoms with Crippen molar-refractivity contribution in [2.75, 3.05) is 23.9 Å². The van der Waals surface area contributed by atoms with Gasteiger partial charge in [-0.1, -0.05) is 23.1 Å². The number of methoxy groups -OCH3 is 1. The molecule has 0 saturated heterocycles. The highest BCUT2D eigenvalue weighted by molar-refractivity contribution is 8.00. The summed E-state index contributed by atoms with van der Waals surface area (Å²) in [6.45, 7) is 0. The van der Waals surface area contributed by atoms with Crippen molar-refractivity contribution in [1.29, 1.82) is 10.5 Å². The van der Waals surface area contributed by atoms with Gasteiger partial charge in [-0.25, -0.2) is 9.97 Å². The number of pyridine rings is 1. The first-order valence-corrected chi connectivity index (χ1v) is 10.8. The predicted octanol–water partition coefficient (Wildman–Crippen LogP) is 3.63. The van der Waals surface area contributed by atoms with Crippen LogP contribution in [0.3, 0.4) is 0 Å². The number of rotatable bonds is 6. The zero-order valence-electron chi connectivity index (χ0n) is 15.9. The largest absolute Gasteiger partial charge is 0.497 e. The molecule has 3 N–H and O–H groups in total. The number of ether oxygens (including phenoxy) is 1. The van der Waals surface area contributed by atoms with Crippen LogP contribution in [-0.2, 0) is 4.79 Å². The maximum atomic E-state index is 12.4. The van der Waals surface area contributed by atoms with E-state index >= 15 is 0 Å². The summed E-state index contributed by atoms with van der Waals surface area (Å²) < 4.78 is 6.11. The van der Waals surface area contributed by atoms with Crippen molar-refractivity contribution in [3.8, 4) is 17.9 Å². The van der Waals surface area contributed by atoms with Gasteiger partial charge in [0.2, 0.25) is 5.91 Å². The number of thioether (sulfide) groups is 1. The quantitative estimate of drug-likeness (QED) is 0.559. The molecule has 0 spiro atoms. The minimum Gasteiger partial charge on any atom is -0.497 e. The van der Waals surface area contributed by atoms with Crippen LogP contribution in [-0.4, -0.2) is 28.7 Å². The molecule has 0 bridgehead atoms. The van der Waals surface area contributed by atoms with Crippen LogP contribution in [0, 0.1) is 22.7 Å². The number of nitrogens with two attached hydrogens (primary N) is 1. The van der Waals surface area contributed by atoms with Crippen LogP contribution in [0.2, 0.25) is 0 Å².